The van der Waals surface area contributed by atoms with Crippen LogP contribution in [0.15, 0.2) is 394 Å². The van der Waals surface area contributed by atoms with Crippen molar-refractivity contribution in [2.75, 3.05) is 6.61 Å². The van der Waals surface area contributed by atoms with Gasteiger partial charge in [0.25, 0.3) is 0 Å². The van der Waals surface area contributed by atoms with Gasteiger partial charge in [-0.25, -0.2) is 24.0 Å². The Hall–Kier alpha value is -16.4. The quantitative estimate of drug-likeness (QED) is 0.0256. The molecule has 1 aliphatic heterocycles. The van der Waals surface area contributed by atoms with E-state index in [1.54, 1.807) is 18.2 Å². The van der Waals surface area contributed by atoms with Crippen LogP contribution in [0.1, 0.15) is 107 Å². The van der Waals surface area contributed by atoms with Crippen LogP contribution in [-0.2, 0) is 94.5 Å². The Morgan fingerprint density at radius 3 is 0.591 bits per heavy atom. The smallest absolute Gasteiger partial charge is 0.340 e. The first-order valence-corrected chi connectivity index (χ1v) is 43.0. The highest BCUT2D eigenvalue weighted by Gasteiger charge is 2.55. The second-order valence-corrected chi connectivity index (χ2v) is 30.7. The van der Waals surface area contributed by atoms with Gasteiger partial charge in [-0.05, 0) is 147 Å². The van der Waals surface area contributed by atoms with E-state index in [-0.39, 0.29) is 146 Å². The van der Waals surface area contributed by atoms with Crippen molar-refractivity contribution in [1.82, 2.24) is 0 Å². The molecular weight excluding hydrogens is 1670 g/mol. The second kappa shape index (κ2) is 45.3. The van der Waals surface area contributed by atoms with Gasteiger partial charge in [-0.2, -0.15) is 0 Å². The minimum atomic E-state index is -2.21. The molecule has 1 saturated heterocycles. The van der Waals surface area contributed by atoms with E-state index in [2.05, 4.69) is 0 Å². The molecule has 5 atom stereocenters. The number of esters is 5. The van der Waals surface area contributed by atoms with Crippen LogP contribution in [-0.4, -0.2) is 67.2 Å². The lowest BCUT2D eigenvalue weighted by molar-refractivity contribution is -0.282. The maximum absolute atomic E-state index is 16.2. The SMILES string of the molecule is O=C(OC[C@H]1O[C@@H](OC(=O)c2ccc(OCc3ccccc3)c(OCc3ccccc3)c2)[C@H](OC(=O)c2ccc(OCc3ccccc3)c(OCc3ccccc3)c2)[C@@H](OC(=O)c2ccc(OCc3ccccc3)c(OCc3ccccc3)c2)[C@@H]1OC(=O)c1ccc(OCc2ccccc2)c(OCc2ccccc2)c1)c1ccc(OCc2ccccc2)c(OCc2ccccc2)c1. The van der Waals surface area contributed by atoms with E-state index < -0.39 is 67.2 Å². The van der Waals surface area contributed by atoms with Crippen molar-refractivity contribution in [2.24, 2.45) is 0 Å². The highest BCUT2D eigenvalue weighted by atomic mass is 16.7. The molecule has 0 aromatic heterocycles. The van der Waals surface area contributed by atoms with Crippen LogP contribution >= 0.6 is 0 Å². The average Bonchev–Trinajstić information content (AvgIpc) is 0.766. The van der Waals surface area contributed by atoms with Crippen molar-refractivity contribution in [3.8, 4) is 57.5 Å². The number of hydrogen-bond donors (Lipinski definition) is 0. The molecule has 21 nitrogen and oxygen atoms in total. The van der Waals surface area contributed by atoms with Crippen molar-refractivity contribution < 1.29 is 99.8 Å². The Balaban J connectivity index is 0.830. The van der Waals surface area contributed by atoms with Crippen LogP contribution in [0.25, 0.3) is 0 Å². The third-order valence-corrected chi connectivity index (χ3v) is 21.2. The summed E-state index contributed by atoms with van der Waals surface area (Å²) in [6, 6.07) is 116. The number of carbonyl (C=O) groups is 5. The third kappa shape index (κ3) is 25.1. The zero-order valence-corrected chi connectivity index (χ0v) is 71.8. The summed E-state index contributed by atoms with van der Waals surface area (Å²) in [7, 11) is 0. The Bertz CT molecular complexity index is 6270. The van der Waals surface area contributed by atoms with Crippen LogP contribution < -0.4 is 47.4 Å². The summed E-state index contributed by atoms with van der Waals surface area (Å²) >= 11 is 0. The van der Waals surface area contributed by atoms with Crippen molar-refractivity contribution in [1.29, 1.82) is 0 Å². The zero-order valence-electron chi connectivity index (χ0n) is 71.8. The van der Waals surface area contributed by atoms with Crippen molar-refractivity contribution in [2.45, 2.75) is 96.8 Å². The molecule has 1 fully saturated rings. The van der Waals surface area contributed by atoms with Gasteiger partial charge < -0.3 is 75.8 Å². The maximum atomic E-state index is 16.2. The Kier molecular flexibility index (Phi) is 30.6. The lowest BCUT2D eigenvalue weighted by Crippen LogP contribution is -2.63. The van der Waals surface area contributed by atoms with E-state index in [1.807, 2.05) is 303 Å². The first kappa shape index (κ1) is 89.0. The molecule has 0 bridgehead atoms. The van der Waals surface area contributed by atoms with Crippen LogP contribution in [0.3, 0.4) is 0 Å². The predicted molar refractivity (Wildman–Crippen MR) is 492 cm³/mol. The van der Waals surface area contributed by atoms with Gasteiger partial charge in [0.05, 0.1) is 27.8 Å². The highest BCUT2D eigenvalue weighted by molar-refractivity contribution is 5.94. The van der Waals surface area contributed by atoms with Crippen LogP contribution in [0.5, 0.6) is 57.5 Å². The van der Waals surface area contributed by atoms with Gasteiger partial charge in [0.2, 0.25) is 12.4 Å². The molecule has 0 unspecified atom stereocenters. The molecule has 0 saturated carbocycles. The lowest BCUT2D eigenvalue weighted by Gasteiger charge is -2.44. The molecule has 1 heterocycles. The summed E-state index contributed by atoms with van der Waals surface area (Å²) in [5.74, 6) is -3.54. The van der Waals surface area contributed by atoms with E-state index in [9.17, 15) is 0 Å². The Morgan fingerprint density at radius 1 is 0.189 bits per heavy atom. The maximum Gasteiger partial charge on any atom is 0.340 e. The fourth-order valence-electron chi connectivity index (χ4n) is 14.2. The molecule has 0 amide bonds. The van der Waals surface area contributed by atoms with Crippen molar-refractivity contribution in [3.63, 3.8) is 0 Å². The molecule has 0 spiro atoms. The first-order valence-electron chi connectivity index (χ1n) is 43.0. The summed E-state index contributed by atoms with van der Waals surface area (Å²) in [5, 5.41) is 0. The van der Waals surface area contributed by atoms with Gasteiger partial charge in [0, 0.05) is 0 Å². The summed E-state index contributed by atoms with van der Waals surface area (Å²) in [6.45, 7) is -0.160. The molecule has 1 aliphatic rings. The van der Waals surface area contributed by atoms with Crippen LogP contribution in [0, 0.1) is 0 Å². The summed E-state index contributed by atoms with van der Waals surface area (Å²) in [4.78, 5) is 79.4. The highest BCUT2D eigenvalue weighted by Crippen LogP contribution is 2.40. The largest absolute Gasteiger partial charge is 0.485 e. The molecule has 15 aromatic carbocycles. The second-order valence-electron chi connectivity index (χ2n) is 30.7. The normalized spacial score (nSPS) is 14.3. The fraction of sp³-hybridized carbons (Fsp3) is 0.144. The Labute approximate surface area is 764 Å². The molecule has 132 heavy (non-hydrogen) atoms. The molecule has 0 aliphatic carbocycles. The summed E-state index contributed by atoms with van der Waals surface area (Å²) < 4.78 is 105. The van der Waals surface area contributed by atoms with Gasteiger partial charge in [-0.1, -0.05) is 303 Å². The van der Waals surface area contributed by atoms with Crippen molar-refractivity contribution >= 4 is 29.8 Å². The fourth-order valence-corrected chi connectivity index (χ4v) is 14.2. The van der Waals surface area contributed by atoms with E-state index in [1.165, 1.54) is 72.8 Å². The third-order valence-electron chi connectivity index (χ3n) is 21.2. The van der Waals surface area contributed by atoms with Gasteiger partial charge in [0.15, 0.2) is 69.7 Å². The standard InChI is InChI=1S/C111H92O21/c112-106(87-51-56-92(117-66-77-31-11-1-12-32-77)97(61-87)122-71-82-41-21-6-22-42-82)127-76-102-103(129-107(113)88-52-57-93(118-67-78-33-13-2-14-34-78)98(62-88)123-72-83-43-23-7-24-44-83)104(130-108(114)89-53-58-94(119-68-79-35-15-3-16-36-79)99(63-89)124-73-84-45-25-8-26-46-84)105(131-109(115)90-54-59-95(120-69-80-37-17-4-18-38-80)100(64-90)125-74-85-47-27-9-28-48-85)111(128-102)132-110(116)91-55-60-96(121-70-81-39-19-5-20-40-81)101(65-91)126-75-86-49-29-10-30-50-86/h1-65,102-105,111H,66-76H2/t102-,103-,104+,105-,111+/m1/s1. The number of ether oxygens (including phenoxy) is 16. The number of carbonyl (C=O) groups excluding carboxylic acids is 5. The van der Waals surface area contributed by atoms with Gasteiger partial charge in [-0.15, -0.1) is 0 Å². The van der Waals surface area contributed by atoms with Crippen LogP contribution in [0.2, 0.25) is 0 Å². The topological polar surface area (TPSA) is 233 Å². The molecular formula is C111H92O21. The molecule has 15 aromatic rings. The Morgan fingerprint density at radius 2 is 0.371 bits per heavy atom. The number of hydrogen-bond acceptors (Lipinski definition) is 21. The predicted octanol–water partition coefficient (Wildman–Crippen LogP) is 21.9. The van der Waals surface area contributed by atoms with Crippen molar-refractivity contribution in [3.05, 3.63) is 478 Å². The molecule has 16 rings (SSSR count). The molecule has 0 radical (unpaired) electrons. The van der Waals surface area contributed by atoms with E-state index in [0.717, 1.165) is 55.6 Å². The van der Waals surface area contributed by atoms with E-state index >= 15 is 24.0 Å². The molecule has 662 valence electrons. The molecule has 0 N–H and O–H groups in total. The molecule has 21 heteroatoms. The summed E-state index contributed by atoms with van der Waals surface area (Å²) in [6.07, 6.45) is -10.4. The number of rotatable bonds is 41. The minimum absolute atomic E-state index is 0.0150. The van der Waals surface area contributed by atoms with E-state index in [0.29, 0.717) is 5.75 Å². The first-order chi connectivity index (χ1) is 64.9. The van der Waals surface area contributed by atoms with Crippen LogP contribution in [0.4, 0.5) is 0 Å². The summed E-state index contributed by atoms with van der Waals surface area (Å²) in [5.41, 5.74) is 7.50. The lowest BCUT2D eigenvalue weighted by atomic mass is 9.97. The number of benzene rings is 15. The van der Waals surface area contributed by atoms with Gasteiger partial charge in [0.1, 0.15) is 78.8 Å². The monoisotopic (exact) mass is 1760 g/mol. The van der Waals surface area contributed by atoms with Gasteiger partial charge >= 0.3 is 29.8 Å². The van der Waals surface area contributed by atoms with Gasteiger partial charge in [-0.3, -0.25) is 0 Å². The van der Waals surface area contributed by atoms with E-state index in [4.69, 9.17) is 75.8 Å². The zero-order chi connectivity index (χ0) is 90.3. The average molecular weight is 1760 g/mol. The minimum Gasteiger partial charge on any atom is -0.485 e.